The summed E-state index contributed by atoms with van der Waals surface area (Å²) in [4.78, 5) is 36.4. The number of fused-ring (bicyclic) bond motifs is 6. The van der Waals surface area contributed by atoms with Gasteiger partial charge in [-0.05, 0) is 74.2 Å². The maximum atomic E-state index is 12.2. The molecule has 164 valence electrons. The molecule has 4 nitrogen and oxygen atoms in total. The average Bonchev–Trinajstić information content (AvgIpc) is 3.17. The molecular weight excluding hydrogens is 592 g/mol. The normalized spacial score (nSPS) is 47.0. The Morgan fingerprint density at radius 1 is 1.07 bits per heavy atom. The quantitative estimate of drug-likeness (QED) is 0.327. The fraction of sp³-hybridized carbons (Fsp3) is 0.792. The maximum absolute atomic E-state index is 12.2. The first-order chi connectivity index (χ1) is 13.7. The van der Waals surface area contributed by atoms with Crippen LogP contribution in [0.1, 0.15) is 78.6 Å². The summed E-state index contributed by atoms with van der Waals surface area (Å²) in [7, 11) is 0. The Bertz CT molecular complexity index is 824. The first-order valence-electron chi connectivity index (χ1n) is 11.3. The van der Waals surface area contributed by atoms with E-state index in [1.807, 2.05) is 6.08 Å². The Morgan fingerprint density at radius 3 is 2.47 bits per heavy atom. The minimum atomic E-state index is -0.287. The molecule has 2 radical (unpaired) electrons. The molecule has 7 atom stereocenters. The Balaban J connectivity index is 0.00000218. The number of carbonyl (C=O) groups is 3. The molecule has 5 aliphatic rings. The number of carbonyl (C=O) groups excluding carboxylic acids is 3. The summed E-state index contributed by atoms with van der Waals surface area (Å²) in [5, 5.41) is 0.409. The van der Waals surface area contributed by atoms with Gasteiger partial charge in [0.05, 0.1) is 0 Å². The molecule has 5 rings (SSSR count). The van der Waals surface area contributed by atoms with E-state index in [2.05, 4.69) is 13.8 Å². The predicted octanol–water partition coefficient (Wildman–Crippen LogP) is 3.94. The van der Waals surface area contributed by atoms with E-state index in [4.69, 9.17) is 4.74 Å². The summed E-state index contributed by atoms with van der Waals surface area (Å²) in [6.07, 6.45) is 10.0. The van der Waals surface area contributed by atoms with Crippen LogP contribution < -0.4 is 0 Å². The summed E-state index contributed by atoms with van der Waals surface area (Å²) in [6, 6.07) is 0. The Hall–Kier alpha value is -0.178. The van der Waals surface area contributed by atoms with Crippen LogP contribution in [-0.2, 0) is 19.1 Å². The van der Waals surface area contributed by atoms with Crippen molar-refractivity contribution in [2.24, 2.45) is 28.6 Å². The molecule has 1 saturated heterocycles. The number of hydrogen-bond donors (Lipinski definition) is 0. The van der Waals surface area contributed by atoms with Gasteiger partial charge in [-0.2, -0.15) is 0 Å². The van der Waals surface area contributed by atoms with E-state index in [0.29, 0.717) is 30.6 Å². The monoisotopic (exact) mass is 626 g/mol. The molecule has 0 aromatic carbocycles. The van der Waals surface area contributed by atoms with Gasteiger partial charge in [-0.3, -0.25) is 14.4 Å². The van der Waals surface area contributed by atoms with E-state index >= 15 is 0 Å². The molecule has 0 N–H and O–H groups in total. The number of ketones is 1. The van der Waals surface area contributed by atoms with Crippen LogP contribution in [0.5, 0.6) is 0 Å². The Labute approximate surface area is 203 Å². The van der Waals surface area contributed by atoms with Crippen molar-refractivity contribution in [2.45, 2.75) is 89.4 Å². The van der Waals surface area contributed by atoms with Crippen LogP contribution >= 0.6 is 11.8 Å². The zero-order valence-corrected chi connectivity index (χ0v) is 24.8. The molecule has 4 fully saturated rings. The van der Waals surface area contributed by atoms with Gasteiger partial charge in [0.2, 0.25) is 0 Å². The predicted molar refractivity (Wildman–Crippen MR) is 121 cm³/mol. The van der Waals surface area contributed by atoms with Crippen molar-refractivity contribution in [3.63, 3.8) is 0 Å². The van der Waals surface area contributed by atoms with E-state index < -0.39 is 0 Å². The average molecular weight is 626 g/mol. The third-order valence-electron chi connectivity index (χ3n) is 9.61. The molecule has 4 aliphatic carbocycles. The van der Waals surface area contributed by atoms with Crippen LogP contribution in [0.25, 0.3) is 0 Å². The molecule has 30 heavy (non-hydrogen) atoms. The second-order valence-corrected chi connectivity index (χ2v) is 12.1. The summed E-state index contributed by atoms with van der Waals surface area (Å²) >= 11 is 1.50. The fourth-order valence-electron chi connectivity index (χ4n) is 8.13. The van der Waals surface area contributed by atoms with Crippen LogP contribution in [0.2, 0.25) is 0 Å². The fourth-order valence-corrected chi connectivity index (χ4v) is 9.36. The molecule has 0 amide bonds. The van der Waals surface area contributed by atoms with E-state index in [1.165, 1.54) is 17.3 Å². The van der Waals surface area contributed by atoms with E-state index in [0.717, 1.165) is 44.9 Å². The molecule has 3 saturated carbocycles. The van der Waals surface area contributed by atoms with Crippen LogP contribution in [-0.4, -0.2) is 55.0 Å². The molecular formula is C24H34O4PbS. The molecule has 1 heterocycles. The minimum absolute atomic E-state index is 0. The zero-order chi connectivity index (χ0) is 20.6. The van der Waals surface area contributed by atoms with Crippen LogP contribution in [0.3, 0.4) is 0 Å². The Morgan fingerprint density at radius 2 is 1.80 bits per heavy atom. The third-order valence-corrected chi connectivity index (χ3v) is 10.7. The van der Waals surface area contributed by atoms with Crippen molar-refractivity contribution in [3.8, 4) is 0 Å². The van der Waals surface area contributed by atoms with Crippen LogP contribution in [0, 0.1) is 28.6 Å². The number of esters is 1. The summed E-state index contributed by atoms with van der Waals surface area (Å²) in [5.74, 6) is 1.67. The topological polar surface area (TPSA) is 60.4 Å². The van der Waals surface area contributed by atoms with E-state index in [1.54, 1.807) is 6.92 Å². The standard InChI is InChI=1S/C24H32O4S.Pb.2H/c1-14(25)29-19-13-15-12-16(26)4-8-22(15,2)17-5-9-23(3)18(21(17)19)6-10-24(23)11-7-20(27)28-24;;;/h12,17-19,21H,4-11,13H2,1-3H3;;;/t17-,18-,19+,21+,22-,23-,24+;;;/m0.../s1. The van der Waals surface area contributed by atoms with Gasteiger partial charge in [-0.25, -0.2) is 0 Å². The van der Waals surface area contributed by atoms with Gasteiger partial charge < -0.3 is 4.74 Å². The third kappa shape index (κ3) is 3.14. The van der Waals surface area contributed by atoms with Crippen molar-refractivity contribution >= 4 is 55.9 Å². The molecule has 1 aliphatic heterocycles. The zero-order valence-electron chi connectivity index (χ0n) is 18.5. The molecule has 0 aromatic heterocycles. The van der Waals surface area contributed by atoms with Gasteiger partial charge in [0.25, 0.3) is 0 Å². The summed E-state index contributed by atoms with van der Waals surface area (Å²) < 4.78 is 6.06. The summed E-state index contributed by atoms with van der Waals surface area (Å²) in [6.45, 7) is 6.42. The molecule has 0 bridgehead atoms. The molecule has 0 aromatic rings. The van der Waals surface area contributed by atoms with Gasteiger partial charge >= 0.3 is 33.3 Å². The van der Waals surface area contributed by atoms with Crippen molar-refractivity contribution in [3.05, 3.63) is 11.6 Å². The SMILES string of the molecule is CC(=O)S[C@@H]1CC2=CC(=O)CC[C@]2(C)[C@H]2CC[C@@]3(C)[C@@H](CC[C@@]34CCC(=O)O4)[C@H]12.[PbH2]. The number of ether oxygens (including phenoxy) is 1. The van der Waals surface area contributed by atoms with Crippen molar-refractivity contribution < 1.29 is 19.1 Å². The van der Waals surface area contributed by atoms with Gasteiger partial charge in [0, 0.05) is 30.4 Å². The van der Waals surface area contributed by atoms with Gasteiger partial charge in [0.1, 0.15) is 5.60 Å². The number of hydrogen-bond acceptors (Lipinski definition) is 5. The number of rotatable bonds is 1. The Kier molecular flexibility index (Phi) is 5.90. The second-order valence-electron chi connectivity index (χ2n) is 10.7. The van der Waals surface area contributed by atoms with Gasteiger partial charge in [-0.1, -0.05) is 31.2 Å². The van der Waals surface area contributed by atoms with Crippen molar-refractivity contribution in [1.29, 1.82) is 0 Å². The van der Waals surface area contributed by atoms with Crippen LogP contribution in [0.4, 0.5) is 0 Å². The first-order valence-corrected chi connectivity index (χ1v) is 12.2. The first kappa shape index (κ1) is 23.0. The van der Waals surface area contributed by atoms with Gasteiger partial charge in [-0.15, -0.1) is 0 Å². The van der Waals surface area contributed by atoms with Crippen LogP contribution in [0.15, 0.2) is 11.6 Å². The number of allylic oxidation sites excluding steroid dienone is 1. The number of thioether (sulfide) groups is 1. The van der Waals surface area contributed by atoms with Gasteiger partial charge in [0.15, 0.2) is 10.9 Å². The molecule has 6 heteroatoms. The van der Waals surface area contributed by atoms with E-state index in [9.17, 15) is 14.4 Å². The second kappa shape index (κ2) is 7.70. The van der Waals surface area contributed by atoms with Crippen molar-refractivity contribution in [1.82, 2.24) is 0 Å². The van der Waals surface area contributed by atoms with E-state index in [-0.39, 0.29) is 65.8 Å². The van der Waals surface area contributed by atoms with Crippen molar-refractivity contribution in [2.75, 3.05) is 0 Å². The molecule has 1 spiro atoms. The molecule has 0 unspecified atom stereocenters. The summed E-state index contributed by atoms with van der Waals surface area (Å²) in [5.41, 5.74) is 1.09.